The molecule has 0 spiro atoms. The molecule has 4 nitrogen and oxygen atoms in total. The van der Waals surface area contributed by atoms with Crippen LogP contribution in [0.2, 0.25) is 0 Å². The first-order valence-electron chi connectivity index (χ1n) is 9.95. The number of thioether (sulfide) groups is 1. The number of aryl methyl sites for hydroxylation is 1. The van der Waals surface area contributed by atoms with Gasteiger partial charge in [-0.05, 0) is 38.1 Å². The van der Waals surface area contributed by atoms with E-state index >= 15 is 0 Å². The summed E-state index contributed by atoms with van der Waals surface area (Å²) in [5.41, 5.74) is 3.90. The van der Waals surface area contributed by atoms with Crippen LogP contribution in [0.3, 0.4) is 0 Å². The van der Waals surface area contributed by atoms with Crippen molar-refractivity contribution in [1.29, 1.82) is 0 Å². The number of hydrogen-bond acceptors (Lipinski definition) is 3. The summed E-state index contributed by atoms with van der Waals surface area (Å²) in [4.78, 5) is 16.4. The minimum atomic E-state index is -0.466. The van der Waals surface area contributed by atoms with E-state index < -0.39 is 6.67 Å². The van der Waals surface area contributed by atoms with Crippen LogP contribution < -0.4 is 4.74 Å². The summed E-state index contributed by atoms with van der Waals surface area (Å²) >= 11 is 1.59. The predicted molar refractivity (Wildman–Crippen MR) is 116 cm³/mol. The second-order valence-corrected chi connectivity index (χ2v) is 8.14. The number of benzene rings is 2. The van der Waals surface area contributed by atoms with E-state index in [4.69, 9.17) is 4.74 Å². The SMILES string of the molecule is CCN(CC)C(=O)[C@@H]1Sc2ccccc2-c2c1c1cc(OC)ccc1n2CCF. The van der Waals surface area contributed by atoms with Gasteiger partial charge in [0.2, 0.25) is 5.91 Å². The summed E-state index contributed by atoms with van der Waals surface area (Å²) in [5, 5.41) is 0.593. The predicted octanol–water partition coefficient (Wildman–Crippen LogP) is 5.30. The number of methoxy groups -OCH3 is 1. The van der Waals surface area contributed by atoms with Gasteiger partial charge in [0.1, 0.15) is 17.7 Å². The Balaban J connectivity index is 2.04. The largest absolute Gasteiger partial charge is 0.497 e. The maximum atomic E-state index is 13.5. The molecule has 0 unspecified atom stereocenters. The number of alkyl halides is 1. The second kappa shape index (κ2) is 8.11. The average molecular weight is 413 g/mol. The van der Waals surface area contributed by atoms with E-state index in [0.29, 0.717) is 13.1 Å². The fourth-order valence-electron chi connectivity index (χ4n) is 4.19. The van der Waals surface area contributed by atoms with Gasteiger partial charge in [0.25, 0.3) is 0 Å². The van der Waals surface area contributed by atoms with E-state index in [1.807, 2.05) is 59.7 Å². The maximum absolute atomic E-state index is 13.5. The molecule has 1 atom stereocenters. The van der Waals surface area contributed by atoms with Crippen molar-refractivity contribution in [1.82, 2.24) is 9.47 Å². The quantitative estimate of drug-likeness (QED) is 0.551. The monoisotopic (exact) mass is 412 g/mol. The highest BCUT2D eigenvalue weighted by atomic mass is 32.2. The molecule has 2 heterocycles. The second-order valence-electron chi connectivity index (χ2n) is 6.99. The van der Waals surface area contributed by atoms with Gasteiger partial charge < -0.3 is 14.2 Å². The lowest BCUT2D eigenvalue weighted by atomic mass is 10.00. The van der Waals surface area contributed by atoms with Crippen LogP contribution in [0.25, 0.3) is 22.2 Å². The van der Waals surface area contributed by atoms with Crippen molar-refractivity contribution < 1.29 is 13.9 Å². The zero-order chi connectivity index (χ0) is 20.5. The van der Waals surface area contributed by atoms with Crippen LogP contribution in [0, 0.1) is 0 Å². The minimum absolute atomic E-state index is 0.0953. The van der Waals surface area contributed by atoms with Crippen LogP contribution in [0.5, 0.6) is 5.75 Å². The molecule has 0 saturated carbocycles. The third kappa shape index (κ3) is 3.19. The van der Waals surface area contributed by atoms with Crippen LogP contribution in [-0.4, -0.2) is 42.2 Å². The molecular weight excluding hydrogens is 387 g/mol. The topological polar surface area (TPSA) is 34.5 Å². The molecule has 1 aliphatic rings. The zero-order valence-corrected chi connectivity index (χ0v) is 17.8. The fourth-order valence-corrected chi connectivity index (χ4v) is 5.49. The molecule has 1 aromatic heterocycles. The molecule has 0 aliphatic carbocycles. The van der Waals surface area contributed by atoms with Gasteiger partial charge in [-0.2, -0.15) is 0 Å². The number of rotatable bonds is 6. The van der Waals surface area contributed by atoms with Gasteiger partial charge in [-0.25, -0.2) is 4.39 Å². The van der Waals surface area contributed by atoms with Crippen LogP contribution in [0.4, 0.5) is 4.39 Å². The van der Waals surface area contributed by atoms with E-state index in [9.17, 15) is 9.18 Å². The number of aromatic nitrogens is 1. The summed E-state index contributed by atoms with van der Waals surface area (Å²) in [6.07, 6.45) is 0. The van der Waals surface area contributed by atoms with Crippen molar-refractivity contribution >= 4 is 28.6 Å². The van der Waals surface area contributed by atoms with E-state index in [1.165, 1.54) is 0 Å². The first-order valence-corrected chi connectivity index (χ1v) is 10.8. The Morgan fingerprint density at radius 1 is 1.21 bits per heavy atom. The lowest BCUT2D eigenvalue weighted by molar-refractivity contribution is -0.130. The Bertz CT molecular complexity index is 1060. The third-order valence-electron chi connectivity index (χ3n) is 5.57. The number of carbonyl (C=O) groups excluding carboxylic acids is 1. The van der Waals surface area contributed by atoms with Gasteiger partial charge in [0.15, 0.2) is 0 Å². The van der Waals surface area contributed by atoms with Gasteiger partial charge in [-0.15, -0.1) is 11.8 Å². The molecule has 152 valence electrons. The van der Waals surface area contributed by atoms with Gasteiger partial charge in [-0.1, -0.05) is 18.2 Å². The molecule has 3 aromatic rings. The maximum Gasteiger partial charge on any atom is 0.240 e. The number of fused-ring (bicyclic) bond motifs is 5. The van der Waals surface area contributed by atoms with Crippen LogP contribution in [0.15, 0.2) is 47.4 Å². The molecule has 0 fully saturated rings. The molecule has 1 amide bonds. The minimum Gasteiger partial charge on any atom is -0.497 e. The molecule has 0 bridgehead atoms. The Hall–Kier alpha value is -2.47. The molecule has 6 heteroatoms. The summed E-state index contributed by atoms with van der Waals surface area (Å²) < 4.78 is 21.0. The number of hydrogen-bond donors (Lipinski definition) is 0. The molecule has 0 saturated heterocycles. The van der Waals surface area contributed by atoms with Crippen molar-refractivity contribution in [3.05, 3.63) is 48.0 Å². The Labute approximate surface area is 174 Å². The Morgan fingerprint density at radius 3 is 2.66 bits per heavy atom. The molecule has 29 heavy (non-hydrogen) atoms. The fraction of sp³-hybridized carbons (Fsp3) is 0.348. The zero-order valence-electron chi connectivity index (χ0n) is 16.9. The van der Waals surface area contributed by atoms with Crippen molar-refractivity contribution in [2.24, 2.45) is 0 Å². The highest BCUT2D eigenvalue weighted by Gasteiger charge is 2.37. The summed E-state index contributed by atoms with van der Waals surface area (Å²) in [6, 6.07) is 13.9. The summed E-state index contributed by atoms with van der Waals surface area (Å²) in [6.45, 7) is 5.11. The first kappa shape index (κ1) is 19.8. The van der Waals surface area contributed by atoms with E-state index in [-0.39, 0.29) is 17.7 Å². The van der Waals surface area contributed by atoms with E-state index in [0.717, 1.165) is 38.4 Å². The van der Waals surface area contributed by atoms with E-state index in [1.54, 1.807) is 18.9 Å². The van der Waals surface area contributed by atoms with Crippen LogP contribution in [0.1, 0.15) is 24.7 Å². The normalized spacial score (nSPS) is 15.1. The van der Waals surface area contributed by atoms with Gasteiger partial charge in [0.05, 0.1) is 19.3 Å². The van der Waals surface area contributed by atoms with Gasteiger partial charge >= 0.3 is 0 Å². The lowest BCUT2D eigenvalue weighted by Gasteiger charge is -2.29. The summed E-state index contributed by atoms with van der Waals surface area (Å²) in [7, 11) is 1.63. The Morgan fingerprint density at radius 2 is 1.97 bits per heavy atom. The average Bonchev–Trinajstić information content (AvgIpc) is 3.08. The molecule has 2 aromatic carbocycles. The lowest BCUT2D eigenvalue weighted by Crippen LogP contribution is -2.34. The number of amides is 1. The number of carbonyl (C=O) groups is 1. The van der Waals surface area contributed by atoms with Gasteiger partial charge in [-0.3, -0.25) is 4.79 Å². The highest BCUT2D eigenvalue weighted by Crippen LogP contribution is 2.53. The first-order chi connectivity index (χ1) is 14.1. The van der Waals surface area contributed by atoms with Crippen molar-refractivity contribution in [3.8, 4) is 17.0 Å². The standard InChI is InChI=1S/C23H25FN2O2S/c1-4-25(5-2)23(27)22-20-17-14-15(28-3)10-11-18(17)26(13-12-24)21(20)16-8-6-7-9-19(16)29-22/h6-11,14,22H,4-5,12-13H2,1-3H3/t22-/m1/s1. The molecule has 0 N–H and O–H groups in total. The molecule has 0 radical (unpaired) electrons. The smallest absolute Gasteiger partial charge is 0.240 e. The molecular formula is C23H25FN2O2S. The van der Waals surface area contributed by atoms with Crippen molar-refractivity contribution in [3.63, 3.8) is 0 Å². The molecule has 1 aliphatic heterocycles. The van der Waals surface area contributed by atoms with Crippen molar-refractivity contribution in [2.45, 2.75) is 30.5 Å². The number of ether oxygens (including phenoxy) is 1. The molecule has 4 rings (SSSR count). The summed E-state index contributed by atoms with van der Waals surface area (Å²) in [5.74, 6) is 0.827. The van der Waals surface area contributed by atoms with E-state index in [2.05, 4.69) is 6.07 Å². The van der Waals surface area contributed by atoms with Crippen molar-refractivity contribution in [2.75, 3.05) is 26.9 Å². The van der Waals surface area contributed by atoms with Crippen LogP contribution >= 0.6 is 11.8 Å². The number of nitrogens with zero attached hydrogens (tertiary/aromatic N) is 2. The van der Waals surface area contributed by atoms with Crippen LogP contribution in [-0.2, 0) is 11.3 Å². The highest BCUT2D eigenvalue weighted by molar-refractivity contribution is 8.00. The Kier molecular flexibility index (Phi) is 5.54. The van der Waals surface area contributed by atoms with Gasteiger partial charge in [0, 0.05) is 40.0 Å². The third-order valence-corrected chi connectivity index (χ3v) is 6.85. The number of likely N-dealkylation sites (N-methyl/N-ethyl adjacent to an activating group) is 1. The number of halogens is 1.